The van der Waals surface area contributed by atoms with Gasteiger partial charge in [0.25, 0.3) is 0 Å². The molecule has 3 aliphatic heterocycles. The van der Waals surface area contributed by atoms with E-state index in [-0.39, 0.29) is 5.92 Å². The van der Waals surface area contributed by atoms with Crippen LogP contribution in [0, 0.1) is 5.92 Å². The highest BCUT2D eigenvalue weighted by atomic mass is 16.2. The Morgan fingerprint density at radius 1 is 1.06 bits per heavy atom. The van der Waals surface area contributed by atoms with E-state index < -0.39 is 0 Å². The fourth-order valence-electron chi connectivity index (χ4n) is 5.85. The third-order valence-corrected chi connectivity index (χ3v) is 7.72. The van der Waals surface area contributed by atoms with Gasteiger partial charge in [0.1, 0.15) is 5.82 Å². The van der Waals surface area contributed by atoms with Gasteiger partial charge in [0.15, 0.2) is 0 Å². The highest BCUT2D eigenvalue weighted by molar-refractivity contribution is 5.78. The van der Waals surface area contributed by atoms with E-state index in [1.807, 2.05) is 6.20 Å². The quantitative estimate of drug-likeness (QED) is 0.665. The number of aromatic nitrogens is 2. The number of nitrogens with zero attached hydrogens (tertiary/aromatic N) is 5. The second-order valence-electron chi connectivity index (χ2n) is 10.4. The first-order valence-corrected chi connectivity index (χ1v) is 13.5. The van der Waals surface area contributed by atoms with Crippen molar-refractivity contribution in [2.75, 3.05) is 49.5 Å². The summed E-state index contributed by atoms with van der Waals surface area (Å²) in [5.74, 6) is 2.33. The Morgan fingerprint density at radius 3 is 2.64 bits per heavy atom. The molecule has 0 aromatic carbocycles. The van der Waals surface area contributed by atoms with Crippen LogP contribution in [0.5, 0.6) is 0 Å². The summed E-state index contributed by atoms with van der Waals surface area (Å²) in [6.07, 6.45) is 13.8. The molecule has 3 fully saturated rings. The van der Waals surface area contributed by atoms with Crippen LogP contribution in [-0.2, 0) is 4.79 Å². The molecule has 4 rings (SSSR count). The van der Waals surface area contributed by atoms with Crippen LogP contribution in [0.1, 0.15) is 78.1 Å². The Bertz CT molecular complexity index is 750. The van der Waals surface area contributed by atoms with E-state index >= 15 is 0 Å². The van der Waals surface area contributed by atoms with Gasteiger partial charge in [0.2, 0.25) is 11.9 Å². The molecule has 1 aromatic rings. The Balaban J connectivity index is 1.33. The lowest BCUT2D eigenvalue weighted by Gasteiger charge is -2.43. The summed E-state index contributed by atoms with van der Waals surface area (Å²) in [5, 5.41) is 3.64. The maximum absolute atomic E-state index is 12.9. The van der Waals surface area contributed by atoms with E-state index in [0.29, 0.717) is 18.0 Å². The zero-order chi connectivity index (χ0) is 23.0. The number of nitrogens with one attached hydrogen (secondary N) is 1. The van der Waals surface area contributed by atoms with E-state index in [1.165, 1.54) is 38.5 Å². The van der Waals surface area contributed by atoms with Crippen molar-refractivity contribution in [2.45, 2.75) is 90.1 Å². The van der Waals surface area contributed by atoms with Crippen LogP contribution >= 0.6 is 0 Å². The van der Waals surface area contributed by atoms with Crippen LogP contribution in [0.4, 0.5) is 11.8 Å². The molecule has 3 atom stereocenters. The first kappa shape index (κ1) is 24.2. The second kappa shape index (κ2) is 12.0. The van der Waals surface area contributed by atoms with Gasteiger partial charge in [-0.1, -0.05) is 33.1 Å². The van der Waals surface area contributed by atoms with Gasteiger partial charge < -0.3 is 15.1 Å². The van der Waals surface area contributed by atoms with Crippen molar-refractivity contribution in [3.8, 4) is 0 Å². The minimum absolute atomic E-state index is 0.151. The summed E-state index contributed by atoms with van der Waals surface area (Å²) in [4.78, 5) is 29.5. The molecule has 3 unspecified atom stereocenters. The van der Waals surface area contributed by atoms with Crippen molar-refractivity contribution < 1.29 is 4.79 Å². The van der Waals surface area contributed by atoms with Gasteiger partial charge in [0.05, 0.1) is 0 Å². The van der Waals surface area contributed by atoms with Gasteiger partial charge in [0, 0.05) is 56.9 Å². The maximum atomic E-state index is 12.9. The predicted molar refractivity (Wildman–Crippen MR) is 135 cm³/mol. The fraction of sp³-hybridized carbons (Fsp3) is 0.808. The van der Waals surface area contributed by atoms with Gasteiger partial charge in [-0.3, -0.25) is 9.69 Å². The molecule has 3 saturated heterocycles. The average molecular weight is 457 g/mol. The van der Waals surface area contributed by atoms with E-state index in [1.54, 1.807) is 0 Å². The first-order chi connectivity index (χ1) is 16.1. The molecule has 0 aliphatic carbocycles. The highest BCUT2D eigenvalue weighted by Crippen LogP contribution is 2.24. The van der Waals surface area contributed by atoms with Crippen molar-refractivity contribution in [1.82, 2.24) is 19.8 Å². The van der Waals surface area contributed by atoms with Crippen LogP contribution in [0.25, 0.3) is 0 Å². The third-order valence-electron chi connectivity index (χ3n) is 7.72. The van der Waals surface area contributed by atoms with E-state index in [9.17, 15) is 4.79 Å². The molecule has 0 spiro atoms. The van der Waals surface area contributed by atoms with Crippen molar-refractivity contribution in [1.29, 1.82) is 0 Å². The molecule has 184 valence electrons. The van der Waals surface area contributed by atoms with E-state index in [2.05, 4.69) is 44.9 Å². The van der Waals surface area contributed by atoms with Crippen molar-refractivity contribution >= 4 is 17.7 Å². The van der Waals surface area contributed by atoms with Gasteiger partial charge >= 0.3 is 0 Å². The number of hydrogen-bond acceptors (Lipinski definition) is 6. The molecule has 1 aromatic heterocycles. The lowest BCUT2D eigenvalue weighted by molar-refractivity contribution is -0.137. The number of rotatable bonds is 7. The van der Waals surface area contributed by atoms with E-state index in [0.717, 1.165) is 76.7 Å². The molecule has 0 saturated carbocycles. The molecule has 7 nitrogen and oxygen atoms in total. The molecule has 0 radical (unpaired) electrons. The van der Waals surface area contributed by atoms with Crippen LogP contribution in [-0.4, -0.2) is 77.0 Å². The molecule has 3 aliphatic rings. The third kappa shape index (κ3) is 6.58. The molecular formula is C26H44N6O. The molecule has 0 bridgehead atoms. The number of hydrogen-bond donors (Lipinski definition) is 1. The number of piperidine rings is 2. The molecule has 1 N–H and O–H groups in total. The number of likely N-dealkylation sites (tertiary alicyclic amines) is 2. The Labute approximate surface area is 200 Å². The molecule has 7 heteroatoms. The van der Waals surface area contributed by atoms with Gasteiger partial charge in [-0.25, -0.2) is 4.98 Å². The number of anilines is 2. The fourth-order valence-corrected chi connectivity index (χ4v) is 5.85. The Kier molecular flexibility index (Phi) is 8.82. The lowest BCUT2D eigenvalue weighted by atomic mass is 9.97. The first-order valence-electron chi connectivity index (χ1n) is 13.5. The van der Waals surface area contributed by atoms with Crippen molar-refractivity contribution in [3.63, 3.8) is 0 Å². The summed E-state index contributed by atoms with van der Waals surface area (Å²) in [6, 6.07) is 2.89. The minimum atomic E-state index is 0.151. The van der Waals surface area contributed by atoms with Crippen molar-refractivity contribution in [3.05, 3.63) is 12.3 Å². The van der Waals surface area contributed by atoms with E-state index in [4.69, 9.17) is 4.98 Å². The van der Waals surface area contributed by atoms with Gasteiger partial charge in [-0.05, 0) is 57.6 Å². The van der Waals surface area contributed by atoms with Crippen LogP contribution < -0.4 is 10.2 Å². The number of carbonyl (C=O) groups excluding carboxylic acids is 1. The van der Waals surface area contributed by atoms with Crippen LogP contribution in [0.3, 0.4) is 0 Å². The number of carbonyl (C=O) groups is 1. The summed E-state index contributed by atoms with van der Waals surface area (Å²) in [5.41, 5.74) is 0. The summed E-state index contributed by atoms with van der Waals surface area (Å²) in [7, 11) is 0. The highest BCUT2D eigenvalue weighted by Gasteiger charge is 2.32. The summed E-state index contributed by atoms with van der Waals surface area (Å²) < 4.78 is 0. The largest absolute Gasteiger partial charge is 0.356 e. The smallest absolute Gasteiger partial charge is 0.225 e. The normalized spacial score (nSPS) is 26.0. The average Bonchev–Trinajstić information content (AvgIpc) is 3.14. The molecule has 4 heterocycles. The van der Waals surface area contributed by atoms with Crippen molar-refractivity contribution in [2.24, 2.45) is 5.92 Å². The second-order valence-corrected chi connectivity index (χ2v) is 10.4. The topological polar surface area (TPSA) is 64.6 Å². The zero-order valence-electron chi connectivity index (χ0n) is 20.8. The van der Waals surface area contributed by atoms with Gasteiger partial charge in [-0.2, -0.15) is 4.98 Å². The van der Waals surface area contributed by atoms with Gasteiger partial charge in [-0.15, -0.1) is 0 Å². The molecular weight excluding hydrogens is 412 g/mol. The maximum Gasteiger partial charge on any atom is 0.225 e. The summed E-state index contributed by atoms with van der Waals surface area (Å²) in [6.45, 7) is 10.4. The van der Waals surface area contributed by atoms with Crippen LogP contribution in [0.15, 0.2) is 12.3 Å². The standard InChI is InChI=1S/C26H44N6O/c1-3-10-21(2)25(33)32-18-9-12-23(20-32)31-17-8-11-22(19-31)28-26-27-14-13-24(29-26)30-15-6-4-5-7-16-30/h13-14,21-23H,3-12,15-20H2,1-2H3,(H,27,28,29). The minimum Gasteiger partial charge on any atom is -0.356 e. The molecule has 33 heavy (non-hydrogen) atoms. The summed E-state index contributed by atoms with van der Waals surface area (Å²) >= 11 is 0. The predicted octanol–water partition coefficient (Wildman–Crippen LogP) is 4.16. The van der Waals surface area contributed by atoms with Crippen LogP contribution in [0.2, 0.25) is 0 Å². The Hall–Kier alpha value is -1.89. The monoisotopic (exact) mass is 456 g/mol. The SMILES string of the molecule is CCCC(C)C(=O)N1CCCC(N2CCCC(Nc3nccc(N4CCCCCC4)n3)C2)C1. The lowest BCUT2D eigenvalue weighted by Crippen LogP contribution is -2.54. The zero-order valence-corrected chi connectivity index (χ0v) is 20.8. The Morgan fingerprint density at radius 2 is 1.85 bits per heavy atom. The number of amides is 1. The molecule has 1 amide bonds.